The number of nitrogens with zero attached hydrogens (tertiary/aromatic N) is 2. The summed E-state index contributed by atoms with van der Waals surface area (Å²) in [7, 11) is 0. The van der Waals surface area contributed by atoms with Gasteiger partial charge in [0.25, 0.3) is 5.91 Å². The van der Waals surface area contributed by atoms with E-state index < -0.39 is 6.10 Å². The monoisotopic (exact) mass is 379 g/mol. The van der Waals surface area contributed by atoms with Gasteiger partial charge in [0.05, 0.1) is 6.54 Å². The number of carbonyl (C=O) groups is 1. The molecule has 0 bridgehead atoms. The third-order valence-electron chi connectivity index (χ3n) is 4.46. The molecule has 1 N–H and O–H groups in total. The first-order chi connectivity index (χ1) is 13.6. The molecular formula is C22H25N3O3. The van der Waals surface area contributed by atoms with E-state index in [-0.39, 0.29) is 12.5 Å². The number of hydrogen-bond acceptors (Lipinski definition) is 5. The van der Waals surface area contributed by atoms with Gasteiger partial charge in [-0.05, 0) is 37.5 Å². The van der Waals surface area contributed by atoms with Gasteiger partial charge in [-0.25, -0.2) is 0 Å². The standard InChI is InChI=1S/C22H25N3O3/c1-4-16-8-12-18(13-9-16)27-19(5-2)22(26)23-14-20-24-21(25-28-20)17-10-6-15(3)7-11-17/h6-13,19H,4-5,14H2,1-3H3,(H,23,26). The average Bonchev–Trinajstić information content (AvgIpc) is 3.20. The first-order valence-corrected chi connectivity index (χ1v) is 9.52. The number of aromatic nitrogens is 2. The smallest absolute Gasteiger partial charge is 0.261 e. The zero-order valence-corrected chi connectivity index (χ0v) is 16.4. The summed E-state index contributed by atoms with van der Waals surface area (Å²) in [6, 6.07) is 15.6. The predicted molar refractivity (Wildman–Crippen MR) is 107 cm³/mol. The highest BCUT2D eigenvalue weighted by Crippen LogP contribution is 2.17. The van der Waals surface area contributed by atoms with Crippen LogP contribution in [0.1, 0.15) is 37.3 Å². The Bertz CT molecular complexity index is 902. The molecule has 1 aromatic heterocycles. The largest absolute Gasteiger partial charge is 0.481 e. The van der Waals surface area contributed by atoms with Gasteiger partial charge in [-0.15, -0.1) is 0 Å². The van der Waals surface area contributed by atoms with Crippen LogP contribution in [0.3, 0.4) is 0 Å². The number of ether oxygens (including phenoxy) is 1. The van der Waals surface area contributed by atoms with Crippen LogP contribution in [0, 0.1) is 6.92 Å². The zero-order chi connectivity index (χ0) is 19.9. The summed E-state index contributed by atoms with van der Waals surface area (Å²) < 4.78 is 11.1. The van der Waals surface area contributed by atoms with Gasteiger partial charge < -0.3 is 14.6 Å². The molecule has 0 aliphatic heterocycles. The highest BCUT2D eigenvalue weighted by molar-refractivity contribution is 5.81. The van der Waals surface area contributed by atoms with Crippen molar-refractivity contribution >= 4 is 5.91 Å². The Balaban J connectivity index is 1.56. The van der Waals surface area contributed by atoms with E-state index >= 15 is 0 Å². The fourth-order valence-corrected chi connectivity index (χ4v) is 2.71. The van der Waals surface area contributed by atoms with E-state index in [0.717, 1.165) is 17.5 Å². The van der Waals surface area contributed by atoms with Crippen molar-refractivity contribution in [3.63, 3.8) is 0 Å². The molecule has 0 spiro atoms. The Kier molecular flexibility index (Phi) is 6.42. The number of aryl methyl sites for hydroxylation is 2. The van der Waals surface area contributed by atoms with Crippen molar-refractivity contribution in [2.75, 3.05) is 0 Å². The van der Waals surface area contributed by atoms with Crippen molar-refractivity contribution in [3.05, 3.63) is 65.5 Å². The summed E-state index contributed by atoms with van der Waals surface area (Å²) in [4.78, 5) is 16.8. The molecule has 146 valence electrons. The van der Waals surface area contributed by atoms with Gasteiger partial charge in [-0.3, -0.25) is 4.79 Å². The fraction of sp³-hybridized carbons (Fsp3) is 0.318. The third-order valence-corrected chi connectivity index (χ3v) is 4.46. The van der Waals surface area contributed by atoms with Crippen LogP contribution >= 0.6 is 0 Å². The highest BCUT2D eigenvalue weighted by Gasteiger charge is 2.19. The van der Waals surface area contributed by atoms with Gasteiger partial charge in [-0.2, -0.15) is 4.98 Å². The second-order valence-electron chi connectivity index (χ2n) is 6.61. The van der Waals surface area contributed by atoms with E-state index in [1.807, 2.05) is 62.4 Å². The molecule has 0 aliphatic carbocycles. The van der Waals surface area contributed by atoms with Crippen LogP contribution in [0.15, 0.2) is 53.1 Å². The lowest BCUT2D eigenvalue weighted by molar-refractivity contribution is -0.128. The van der Waals surface area contributed by atoms with Crippen molar-refractivity contribution < 1.29 is 14.1 Å². The SMILES string of the molecule is CCc1ccc(OC(CC)C(=O)NCc2nc(-c3ccc(C)cc3)no2)cc1. The molecule has 28 heavy (non-hydrogen) atoms. The Morgan fingerprint density at radius 3 is 2.46 bits per heavy atom. The number of benzene rings is 2. The van der Waals surface area contributed by atoms with E-state index in [1.165, 1.54) is 5.56 Å². The number of carbonyl (C=O) groups excluding carboxylic acids is 1. The van der Waals surface area contributed by atoms with Crippen LogP contribution in [0.25, 0.3) is 11.4 Å². The molecule has 6 heteroatoms. The normalized spacial score (nSPS) is 11.8. The summed E-state index contributed by atoms with van der Waals surface area (Å²) in [6.07, 6.45) is 0.943. The van der Waals surface area contributed by atoms with Crippen LogP contribution < -0.4 is 10.1 Å². The Hall–Kier alpha value is -3.15. The summed E-state index contributed by atoms with van der Waals surface area (Å²) >= 11 is 0. The molecule has 1 amide bonds. The molecule has 2 aromatic carbocycles. The molecule has 0 saturated carbocycles. The summed E-state index contributed by atoms with van der Waals surface area (Å²) in [6.45, 7) is 6.18. The van der Waals surface area contributed by atoms with Gasteiger partial charge in [0, 0.05) is 5.56 Å². The first-order valence-electron chi connectivity index (χ1n) is 9.52. The Labute approximate surface area is 164 Å². The molecule has 1 unspecified atom stereocenters. The minimum absolute atomic E-state index is 0.159. The van der Waals surface area contributed by atoms with Crippen molar-refractivity contribution in [2.24, 2.45) is 0 Å². The predicted octanol–water partition coefficient (Wildman–Crippen LogP) is 4.08. The van der Waals surface area contributed by atoms with Gasteiger partial charge >= 0.3 is 0 Å². The molecule has 1 heterocycles. The van der Waals surface area contributed by atoms with Crippen LogP contribution in [-0.2, 0) is 17.8 Å². The van der Waals surface area contributed by atoms with Gasteiger partial charge in [0.2, 0.25) is 11.7 Å². The highest BCUT2D eigenvalue weighted by atomic mass is 16.5. The van der Waals surface area contributed by atoms with E-state index in [0.29, 0.717) is 23.9 Å². The summed E-state index contributed by atoms with van der Waals surface area (Å²) in [5.41, 5.74) is 3.26. The summed E-state index contributed by atoms with van der Waals surface area (Å²) in [5.74, 6) is 1.32. The second-order valence-corrected chi connectivity index (χ2v) is 6.61. The van der Waals surface area contributed by atoms with Gasteiger partial charge in [0.15, 0.2) is 6.10 Å². The maximum atomic E-state index is 12.5. The van der Waals surface area contributed by atoms with Gasteiger partial charge in [0.1, 0.15) is 5.75 Å². The molecule has 3 aromatic rings. The van der Waals surface area contributed by atoms with Crippen LogP contribution in [0.4, 0.5) is 0 Å². The lowest BCUT2D eigenvalue weighted by Crippen LogP contribution is -2.37. The molecule has 0 radical (unpaired) electrons. The van der Waals surface area contributed by atoms with Gasteiger partial charge in [-0.1, -0.05) is 61.0 Å². The maximum absolute atomic E-state index is 12.5. The average molecular weight is 379 g/mol. The quantitative estimate of drug-likeness (QED) is 0.638. The molecule has 0 aliphatic rings. The van der Waals surface area contributed by atoms with E-state index in [4.69, 9.17) is 9.26 Å². The van der Waals surface area contributed by atoms with E-state index in [1.54, 1.807) is 0 Å². The Morgan fingerprint density at radius 1 is 1.11 bits per heavy atom. The van der Waals surface area contributed by atoms with Crippen molar-refractivity contribution in [1.82, 2.24) is 15.5 Å². The van der Waals surface area contributed by atoms with Crippen LogP contribution in [0.2, 0.25) is 0 Å². The second kappa shape index (κ2) is 9.17. The lowest BCUT2D eigenvalue weighted by atomic mass is 10.1. The van der Waals surface area contributed by atoms with E-state index in [9.17, 15) is 4.79 Å². The van der Waals surface area contributed by atoms with E-state index in [2.05, 4.69) is 22.4 Å². The molecule has 0 fully saturated rings. The van der Waals surface area contributed by atoms with Crippen LogP contribution in [-0.4, -0.2) is 22.2 Å². The lowest BCUT2D eigenvalue weighted by Gasteiger charge is -2.17. The van der Waals surface area contributed by atoms with Crippen molar-refractivity contribution in [2.45, 2.75) is 46.3 Å². The fourth-order valence-electron chi connectivity index (χ4n) is 2.71. The molecule has 3 rings (SSSR count). The minimum atomic E-state index is -0.577. The zero-order valence-electron chi connectivity index (χ0n) is 16.4. The number of amides is 1. The maximum Gasteiger partial charge on any atom is 0.261 e. The Morgan fingerprint density at radius 2 is 1.82 bits per heavy atom. The number of hydrogen-bond donors (Lipinski definition) is 1. The molecule has 1 atom stereocenters. The minimum Gasteiger partial charge on any atom is -0.481 e. The topological polar surface area (TPSA) is 77.2 Å². The molecular weight excluding hydrogens is 354 g/mol. The first kappa shape index (κ1) is 19.6. The van der Waals surface area contributed by atoms with Crippen molar-refractivity contribution in [1.29, 1.82) is 0 Å². The third kappa shape index (κ3) is 4.97. The van der Waals surface area contributed by atoms with Crippen LogP contribution in [0.5, 0.6) is 5.75 Å². The summed E-state index contributed by atoms with van der Waals surface area (Å²) in [5, 5.41) is 6.78. The number of nitrogens with one attached hydrogen (secondary N) is 1. The molecule has 6 nitrogen and oxygen atoms in total. The number of rotatable bonds is 8. The van der Waals surface area contributed by atoms with Crippen molar-refractivity contribution in [3.8, 4) is 17.1 Å². The molecule has 0 saturated heterocycles.